The Hall–Kier alpha value is -8.52. The van der Waals surface area contributed by atoms with Crippen LogP contribution in [0.4, 0.5) is 17.1 Å². The Morgan fingerprint density at radius 3 is 1.55 bits per heavy atom. The SMILES string of the molecule is CC1(C)c2ccccc2-c2cc(-c3ccccc3)c(N(c3ccc(-c4ccc5ccccc5c4)cc3)c3ccc4c(c3)C3(c5ccccc5-4)c4ccccc4-c4c(-c5ccccc5)cccc43)cc21. The Kier molecular flexibility index (Phi) is 8.61. The van der Waals surface area contributed by atoms with Gasteiger partial charge in [-0.25, -0.2) is 0 Å². The van der Waals surface area contributed by atoms with E-state index in [0.29, 0.717) is 0 Å². The second kappa shape index (κ2) is 15.0. The Morgan fingerprint density at radius 1 is 0.275 bits per heavy atom. The van der Waals surface area contributed by atoms with Crippen molar-refractivity contribution in [3.63, 3.8) is 0 Å². The molecule has 1 nitrogen and oxygen atoms in total. The van der Waals surface area contributed by atoms with E-state index in [-0.39, 0.29) is 5.41 Å². The van der Waals surface area contributed by atoms with Gasteiger partial charge in [-0.2, -0.15) is 0 Å². The van der Waals surface area contributed by atoms with Crippen molar-refractivity contribution >= 4 is 27.8 Å². The summed E-state index contributed by atoms with van der Waals surface area (Å²) in [6.45, 7) is 4.78. The fourth-order valence-electron chi connectivity index (χ4n) is 12.5. The second-order valence-electron chi connectivity index (χ2n) is 19.6. The van der Waals surface area contributed by atoms with E-state index in [1.807, 2.05) is 0 Å². The number of fused-ring (bicyclic) bond motifs is 14. The average Bonchev–Trinajstić information content (AvgIpc) is 3.97. The summed E-state index contributed by atoms with van der Waals surface area (Å²) in [7, 11) is 0. The summed E-state index contributed by atoms with van der Waals surface area (Å²) in [6.07, 6.45) is 0. The molecular weight excluding hydrogens is 831 g/mol. The lowest BCUT2D eigenvalue weighted by atomic mass is 9.70. The van der Waals surface area contributed by atoms with Gasteiger partial charge < -0.3 is 4.90 Å². The van der Waals surface area contributed by atoms with Crippen LogP contribution in [0.3, 0.4) is 0 Å². The highest BCUT2D eigenvalue weighted by atomic mass is 15.1. The summed E-state index contributed by atoms with van der Waals surface area (Å²) in [4.78, 5) is 2.55. The molecule has 324 valence electrons. The van der Waals surface area contributed by atoms with E-state index in [1.165, 1.54) is 111 Å². The summed E-state index contributed by atoms with van der Waals surface area (Å²) in [5.74, 6) is 0. The molecule has 0 saturated heterocycles. The molecule has 1 unspecified atom stereocenters. The van der Waals surface area contributed by atoms with Crippen molar-refractivity contribution in [2.24, 2.45) is 0 Å². The van der Waals surface area contributed by atoms with Gasteiger partial charge in [-0.1, -0.05) is 220 Å². The predicted octanol–water partition coefficient (Wildman–Crippen LogP) is 18.0. The van der Waals surface area contributed by atoms with Gasteiger partial charge in [0.05, 0.1) is 11.1 Å². The van der Waals surface area contributed by atoms with Crippen LogP contribution in [0.15, 0.2) is 249 Å². The third-order valence-electron chi connectivity index (χ3n) is 15.7. The van der Waals surface area contributed by atoms with E-state index in [2.05, 4.69) is 267 Å². The summed E-state index contributed by atoms with van der Waals surface area (Å²) in [6, 6.07) is 93.2. The smallest absolute Gasteiger partial charge is 0.0726 e. The van der Waals surface area contributed by atoms with Crippen LogP contribution in [0.2, 0.25) is 0 Å². The standard InChI is InChI=1S/C68H47N/c1-67(2)59-28-14-11-25-54(59)58-42-57(47-21-7-4-8-22-47)65(43-63(58)67)69(50-36-34-45(35-37-50)49-33-32-44-18-9-10-23-48(44)40-49)51-38-39-55-53-24-12-15-29-60(53)68(64(55)41-51)61-30-16-13-26-56(61)66-52(27-17-31-62(66)68)46-19-5-3-6-20-46/h3-43H,1-2H3. The Morgan fingerprint density at radius 2 is 0.812 bits per heavy atom. The first-order valence-electron chi connectivity index (χ1n) is 24.2. The quantitative estimate of drug-likeness (QED) is 0.161. The van der Waals surface area contributed by atoms with Crippen molar-refractivity contribution in [2.75, 3.05) is 4.90 Å². The molecule has 0 N–H and O–H groups in total. The van der Waals surface area contributed by atoms with E-state index >= 15 is 0 Å². The van der Waals surface area contributed by atoms with Gasteiger partial charge in [0, 0.05) is 22.4 Å². The largest absolute Gasteiger partial charge is 0.310 e. The van der Waals surface area contributed by atoms with Crippen LogP contribution in [0.25, 0.3) is 77.5 Å². The first-order chi connectivity index (χ1) is 34.0. The zero-order valence-electron chi connectivity index (χ0n) is 38.6. The molecule has 0 aliphatic heterocycles. The molecule has 11 aromatic carbocycles. The van der Waals surface area contributed by atoms with Crippen LogP contribution in [-0.2, 0) is 10.8 Å². The molecule has 3 aliphatic carbocycles. The molecule has 0 aromatic heterocycles. The van der Waals surface area contributed by atoms with Crippen molar-refractivity contribution < 1.29 is 0 Å². The number of benzene rings is 11. The molecule has 11 aromatic rings. The van der Waals surface area contributed by atoms with Crippen molar-refractivity contribution in [3.05, 3.63) is 282 Å². The normalized spacial score (nSPS) is 15.3. The number of nitrogens with zero attached hydrogens (tertiary/aromatic N) is 1. The van der Waals surface area contributed by atoms with Gasteiger partial charge in [-0.15, -0.1) is 0 Å². The highest BCUT2D eigenvalue weighted by Crippen LogP contribution is 2.65. The first kappa shape index (κ1) is 39.6. The highest BCUT2D eigenvalue weighted by molar-refractivity contribution is 6.02. The van der Waals surface area contributed by atoms with Crippen LogP contribution in [0.1, 0.15) is 47.2 Å². The van der Waals surface area contributed by atoms with Gasteiger partial charge in [0.2, 0.25) is 0 Å². The van der Waals surface area contributed by atoms with Crippen LogP contribution in [0, 0.1) is 0 Å². The molecule has 69 heavy (non-hydrogen) atoms. The maximum atomic E-state index is 2.55. The summed E-state index contributed by atoms with van der Waals surface area (Å²) < 4.78 is 0. The number of anilines is 3. The molecular formula is C68H47N. The Balaban J connectivity index is 1.04. The van der Waals surface area contributed by atoms with Crippen LogP contribution in [0.5, 0.6) is 0 Å². The minimum absolute atomic E-state index is 0.196. The molecule has 1 heteroatoms. The minimum Gasteiger partial charge on any atom is -0.310 e. The molecule has 14 rings (SSSR count). The van der Waals surface area contributed by atoms with Crippen LogP contribution >= 0.6 is 0 Å². The number of hydrogen-bond acceptors (Lipinski definition) is 1. The molecule has 1 spiro atoms. The monoisotopic (exact) mass is 877 g/mol. The molecule has 1 atom stereocenters. The van der Waals surface area contributed by atoms with Gasteiger partial charge in [0.15, 0.2) is 0 Å². The van der Waals surface area contributed by atoms with Crippen molar-refractivity contribution in [1.82, 2.24) is 0 Å². The highest BCUT2D eigenvalue weighted by Gasteiger charge is 2.52. The van der Waals surface area contributed by atoms with Crippen LogP contribution < -0.4 is 4.90 Å². The summed E-state index contributed by atoms with van der Waals surface area (Å²) in [5.41, 5.74) is 25.8. The topological polar surface area (TPSA) is 3.24 Å². The van der Waals surface area contributed by atoms with Gasteiger partial charge in [0.25, 0.3) is 0 Å². The summed E-state index contributed by atoms with van der Waals surface area (Å²) in [5, 5.41) is 2.49. The fourth-order valence-corrected chi connectivity index (χ4v) is 12.5. The van der Waals surface area contributed by atoms with Crippen molar-refractivity contribution in [1.29, 1.82) is 0 Å². The maximum Gasteiger partial charge on any atom is 0.0726 e. The third kappa shape index (κ3) is 5.71. The van der Waals surface area contributed by atoms with E-state index < -0.39 is 5.41 Å². The average molecular weight is 878 g/mol. The van der Waals surface area contributed by atoms with E-state index in [0.717, 1.165) is 17.1 Å². The molecule has 3 aliphatic rings. The van der Waals surface area contributed by atoms with Crippen molar-refractivity contribution in [2.45, 2.75) is 24.7 Å². The predicted molar refractivity (Wildman–Crippen MR) is 289 cm³/mol. The lowest BCUT2D eigenvalue weighted by Gasteiger charge is -2.33. The van der Waals surface area contributed by atoms with Gasteiger partial charge in [0.1, 0.15) is 0 Å². The molecule has 0 radical (unpaired) electrons. The lowest BCUT2D eigenvalue weighted by molar-refractivity contribution is 0.660. The maximum absolute atomic E-state index is 2.55. The Bertz CT molecular complexity index is 3860. The van der Waals surface area contributed by atoms with E-state index in [1.54, 1.807) is 0 Å². The third-order valence-corrected chi connectivity index (χ3v) is 15.7. The molecule has 0 saturated carbocycles. The number of rotatable bonds is 6. The van der Waals surface area contributed by atoms with Gasteiger partial charge in [-0.05, 0) is 148 Å². The molecule has 0 bridgehead atoms. The minimum atomic E-state index is -0.534. The van der Waals surface area contributed by atoms with Crippen LogP contribution in [-0.4, -0.2) is 0 Å². The fraction of sp³-hybridized carbons (Fsp3) is 0.0588. The first-order valence-corrected chi connectivity index (χ1v) is 24.2. The number of hydrogen-bond donors (Lipinski definition) is 0. The molecule has 0 amide bonds. The molecule has 0 heterocycles. The van der Waals surface area contributed by atoms with Gasteiger partial charge in [-0.3, -0.25) is 0 Å². The molecule has 0 fully saturated rings. The van der Waals surface area contributed by atoms with Gasteiger partial charge >= 0.3 is 0 Å². The van der Waals surface area contributed by atoms with E-state index in [4.69, 9.17) is 0 Å². The lowest BCUT2D eigenvalue weighted by Crippen LogP contribution is -2.26. The second-order valence-corrected chi connectivity index (χ2v) is 19.6. The Labute approximate surface area is 404 Å². The summed E-state index contributed by atoms with van der Waals surface area (Å²) >= 11 is 0. The van der Waals surface area contributed by atoms with Crippen molar-refractivity contribution in [3.8, 4) is 66.8 Å². The van der Waals surface area contributed by atoms with E-state index in [9.17, 15) is 0 Å². The zero-order valence-corrected chi connectivity index (χ0v) is 38.6. The zero-order chi connectivity index (χ0) is 45.8.